The highest BCUT2D eigenvalue weighted by molar-refractivity contribution is 8.00. The normalized spacial score (nSPS) is 26.8. The highest BCUT2D eigenvalue weighted by atomic mass is 32.2. The van der Waals surface area contributed by atoms with Crippen LogP contribution in [0.1, 0.15) is 31.0 Å². The highest BCUT2D eigenvalue weighted by Gasteiger charge is 2.47. The van der Waals surface area contributed by atoms with Gasteiger partial charge < -0.3 is 14.7 Å². The maximum atomic E-state index is 12.3. The van der Waals surface area contributed by atoms with Crippen molar-refractivity contribution in [2.24, 2.45) is 0 Å². The van der Waals surface area contributed by atoms with Crippen LogP contribution in [0.4, 0.5) is 0 Å². The molecule has 1 saturated heterocycles. The van der Waals surface area contributed by atoms with E-state index >= 15 is 0 Å². The van der Waals surface area contributed by atoms with Crippen LogP contribution >= 0.6 is 11.8 Å². The smallest absolute Gasteiger partial charge is 0.233 e. The van der Waals surface area contributed by atoms with Crippen molar-refractivity contribution in [2.45, 2.75) is 31.6 Å². The molecule has 0 bridgehead atoms. The van der Waals surface area contributed by atoms with E-state index in [1.54, 1.807) is 34.9 Å². The zero-order valence-electron chi connectivity index (χ0n) is 12.6. The number of fused-ring (bicyclic) bond motifs is 1. The van der Waals surface area contributed by atoms with Gasteiger partial charge in [-0.25, -0.2) is 0 Å². The third kappa shape index (κ3) is 2.44. The van der Waals surface area contributed by atoms with Crippen LogP contribution in [0, 0.1) is 11.3 Å². The number of amides is 1. The molecule has 0 aromatic heterocycles. The molecule has 1 aromatic carbocycles. The van der Waals surface area contributed by atoms with Gasteiger partial charge in [0.1, 0.15) is 17.5 Å². The predicted octanol–water partition coefficient (Wildman–Crippen LogP) is 1.71. The monoisotopic (exact) mass is 318 g/mol. The van der Waals surface area contributed by atoms with Gasteiger partial charge in [-0.1, -0.05) is 0 Å². The summed E-state index contributed by atoms with van der Waals surface area (Å²) < 4.78 is 5.88. The first-order chi connectivity index (χ1) is 10.4. The summed E-state index contributed by atoms with van der Waals surface area (Å²) in [6.07, 6.45) is -0.846. The summed E-state index contributed by atoms with van der Waals surface area (Å²) in [5.74, 6) is 1.93. The van der Waals surface area contributed by atoms with Crippen LogP contribution in [0.15, 0.2) is 18.2 Å². The van der Waals surface area contributed by atoms with Crippen molar-refractivity contribution in [3.8, 4) is 11.8 Å². The summed E-state index contributed by atoms with van der Waals surface area (Å²) in [5.41, 5.74) is 0.417. The van der Waals surface area contributed by atoms with Gasteiger partial charge in [0.25, 0.3) is 0 Å². The van der Waals surface area contributed by atoms with Gasteiger partial charge in [-0.3, -0.25) is 4.79 Å². The van der Waals surface area contributed by atoms with Crippen molar-refractivity contribution >= 4 is 17.7 Å². The topological polar surface area (TPSA) is 73.6 Å². The standard InChI is InChI=1S/C16H18N2O3S/c1-16(2)15(20)14(18-5-6-22-9-13(18)19)11-7-10(8-17)3-4-12(11)21-16/h3-4,7,14-15,20H,5-6,9H2,1-2H3/t14?,15-/m0/s1. The molecule has 0 radical (unpaired) electrons. The number of thioether (sulfide) groups is 1. The average Bonchev–Trinajstić information content (AvgIpc) is 2.49. The summed E-state index contributed by atoms with van der Waals surface area (Å²) in [5, 5.41) is 19.9. The van der Waals surface area contributed by atoms with Crippen LogP contribution in [-0.4, -0.2) is 45.7 Å². The van der Waals surface area contributed by atoms with E-state index in [0.29, 0.717) is 29.2 Å². The van der Waals surface area contributed by atoms with Crippen molar-refractivity contribution in [2.75, 3.05) is 18.1 Å². The zero-order chi connectivity index (χ0) is 15.9. The van der Waals surface area contributed by atoms with Crippen LogP contribution in [0.5, 0.6) is 5.75 Å². The lowest BCUT2D eigenvalue weighted by Gasteiger charge is -2.47. The Morgan fingerprint density at radius 1 is 1.50 bits per heavy atom. The summed E-state index contributed by atoms with van der Waals surface area (Å²) in [6.45, 7) is 4.22. The number of rotatable bonds is 1. The number of benzene rings is 1. The van der Waals surface area contributed by atoms with Gasteiger partial charge in [-0.15, -0.1) is 0 Å². The molecule has 2 aliphatic heterocycles. The number of nitrogens with zero attached hydrogens (tertiary/aromatic N) is 2. The number of nitriles is 1. The Morgan fingerprint density at radius 2 is 2.27 bits per heavy atom. The Kier molecular flexibility index (Phi) is 3.79. The molecule has 1 N–H and O–H groups in total. The number of aliphatic hydroxyl groups is 1. The quantitative estimate of drug-likeness (QED) is 0.853. The minimum absolute atomic E-state index is 0.0197. The largest absolute Gasteiger partial charge is 0.485 e. The van der Waals surface area contributed by atoms with Crippen molar-refractivity contribution < 1.29 is 14.6 Å². The maximum Gasteiger partial charge on any atom is 0.233 e. The fourth-order valence-electron chi connectivity index (χ4n) is 3.00. The molecule has 0 spiro atoms. The molecule has 0 aliphatic carbocycles. The molecule has 1 amide bonds. The summed E-state index contributed by atoms with van der Waals surface area (Å²) >= 11 is 1.60. The summed E-state index contributed by atoms with van der Waals surface area (Å²) in [4.78, 5) is 14.0. The molecule has 6 heteroatoms. The van der Waals surface area contributed by atoms with Gasteiger partial charge in [0, 0.05) is 17.9 Å². The second-order valence-corrected chi connectivity index (χ2v) is 7.20. The minimum Gasteiger partial charge on any atom is -0.485 e. The zero-order valence-corrected chi connectivity index (χ0v) is 13.4. The van der Waals surface area contributed by atoms with E-state index in [-0.39, 0.29) is 5.91 Å². The molecule has 0 saturated carbocycles. The Labute approximate surface area is 133 Å². The Morgan fingerprint density at radius 3 is 2.95 bits per heavy atom. The number of aliphatic hydroxyl groups excluding tert-OH is 1. The molecule has 1 aromatic rings. The first kappa shape index (κ1) is 15.2. The fraction of sp³-hybridized carbons (Fsp3) is 0.500. The van der Waals surface area contributed by atoms with Crippen molar-refractivity contribution in [3.63, 3.8) is 0 Å². The van der Waals surface area contributed by atoms with Crippen molar-refractivity contribution in [1.29, 1.82) is 5.26 Å². The molecular formula is C16H18N2O3S. The van der Waals surface area contributed by atoms with E-state index in [1.165, 1.54) is 0 Å². The first-order valence-corrected chi connectivity index (χ1v) is 8.38. The van der Waals surface area contributed by atoms with E-state index in [0.717, 1.165) is 5.75 Å². The third-order valence-corrected chi connectivity index (χ3v) is 5.12. The minimum atomic E-state index is -0.846. The molecule has 5 nitrogen and oxygen atoms in total. The Balaban J connectivity index is 2.10. The predicted molar refractivity (Wildman–Crippen MR) is 83.6 cm³/mol. The van der Waals surface area contributed by atoms with E-state index in [9.17, 15) is 9.90 Å². The van der Waals surface area contributed by atoms with E-state index in [2.05, 4.69) is 6.07 Å². The molecule has 1 fully saturated rings. The SMILES string of the molecule is CC1(C)Oc2ccc(C#N)cc2C(N2CCSCC2=O)[C@@H]1O. The van der Waals surface area contributed by atoms with Gasteiger partial charge in [-0.2, -0.15) is 17.0 Å². The van der Waals surface area contributed by atoms with Crippen LogP contribution in [0.2, 0.25) is 0 Å². The number of carbonyl (C=O) groups is 1. The third-order valence-electron chi connectivity index (χ3n) is 4.20. The van der Waals surface area contributed by atoms with Gasteiger partial charge in [0.15, 0.2) is 0 Å². The van der Waals surface area contributed by atoms with Crippen LogP contribution in [-0.2, 0) is 4.79 Å². The molecule has 2 atom stereocenters. The molecule has 22 heavy (non-hydrogen) atoms. The lowest BCUT2D eigenvalue weighted by molar-refractivity contribution is -0.141. The van der Waals surface area contributed by atoms with Crippen LogP contribution in [0.25, 0.3) is 0 Å². The van der Waals surface area contributed by atoms with Gasteiger partial charge in [0.05, 0.1) is 23.4 Å². The number of ether oxygens (including phenoxy) is 1. The molecule has 116 valence electrons. The number of hydrogen-bond donors (Lipinski definition) is 1. The Hall–Kier alpha value is -1.71. The lowest BCUT2D eigenvalue weighted by atomic mass is 9.85. The highest BCUT2D eigenvalue weighted by Crippen LogP contribution is 2.43. The van der Waals surface area contributed by atoms with E-state index < -0.39 is 17.7 Å². The molecule has 3 rings (SSSR count). The fourth-order valence-corrected chi connectivity index (χ4v) is 3.81. The van der Waals surface area contributed by atoms with Gasteiger partial charge in [-0.05, 0) is 32.0 Å². The second-order valence-electron chi connectivity index (χ2n) is 6.10. The van der Waals surface area contributed by atoms with E-state index in [1.807, 2.05) is 13.8 Å². The summed E-state index contributed by atoms with van der Waals surface area (Å²) in [7, 11) is 0. The summed E-state index contributed by atoms with van der Waals surface area (Å²) in [6, 6.07) is 6.79. The van der Waals surface area contributed by atoms with Crippen molar-refractivity contribution in [1.82, 2.24) is 4.90 Å². The second kappa shape index (κ2) is 5.49. The lowest BCUT2D eigenvalue weighted by Crippen LogP contribution is -2.56. The van der Waals surface area contributed by atoms with Gasteiger partial charge >= 0.3 is 0 Å². The molecular weight excluding hydrogens is 300 g/mol. The number of hydrogen-bond acceptors (Lipinski definition) is 5. The first-order valence-electron chi connectivity index (χ1n) is 7.22. The van der Waals surface area contributed by atoms with Gasteiger partial charge in [0.2, 0.25) is 5.91 Å². The Bertz CT molecular complexity index is 653. The molecule has 2 aliphatic rings. The molecule has 1 unspecified atom stereocenters. The number of carbonyl (C=O) groups excluding carboxylic acids is 1. The van der Waals surface area contributed by atoms with Crippen LogP contribution < -0.4 is 4.74 Å². The molecule has 2 heterocycles. The van der Waals surface area contributed by atoms with Crippen LogP contribution in [0.3, 0.4) is 0 Å². The van der Waals surface area contributed by atoms with E-state index in [4.69, 9.17) is 10.00 Å². The maximum absolute atomic E-state index is 12.3. The van der Waals surface area contributed by atoms with Crippen molar-refractivity contribution in [3.05, 3.63) is 29.3 Å². The average molecular weight is 318 g/mol.